The lowest BCUT2D eigenvalue weighted by Gasteiger charge is -2.27. The van der Waals surface area contributed by atoms with E-state index in [1.165, 1.54) is 5.56 Å². The molecule has 26 heavy (non-hydrogen) atoms. The zero-order chi connectivity index (χ0) is 18.9. The van der Waals surface area contributed by atoms with Crippen LogP contribution in [0.25, 0.3) is 0 Å². The minimum Gasteiger partial charge on any atom is -0.504 e. The van der Waals surface area contributed by atoms with Gasteiger partial charge in [0.25, 0.3) is 0 Å². The molecule has 0 radical (unpaired) electrons. The van der Waals surface area contributed by atoms with Crippen LogP contribution in [-0.4, -0.2) is 28.8 Å². The first kappa shape index (κ1) is 18.6. The normalized spacial score (nSPS) is 18.2. The molecule has 2 aromatic carbocycles. The zero-order valence-electron chi connectivity index (χ0n) is 16.1. The van der Waals surface area contributed by atoms with Gasteiger partial charge in [-0.05, 0) is 54.1 Å². The Kier molecular flexibility index (Phi) is 5.15. The monoisotopic (exact) mass is 355 g/mol. The third kappa shape index (κ3) is 3.80. The summed E-state index contributed by atoms with van der Waals surface area (Å²) in [6.45, 7) is 7.94. The minimum atomic E-state index is -0.0830. The molecule has 1 heterocycles. The van der Waals surface area contributed by atoms with Gasteiger partial charge >= 0.3 is 0 Å². The van der Waals surface area contributed by atoms with E-state index in [1.54, 1.807) is 13.2 Å². The van der Waals surface area contributed by atoms with E-state index in [1.807, 2.05) is 18.2 Å². The van der Waals surface area contributed by atoms with Gasteiger partial charge in [0.05, 0.1) is 7.11 Å². The number of nitrogens with zero attached hydrogens (tertiary/aromatic N) is 1. The molecule has 1 atom stereocenters. The lowest BCUT2D eigenvalue weighted by Crippen LogP contribution is -2.23. The molecule has 0 aromatic heterocycles. The first-order valence-electron chi connectivity index (χ1n) is 9.23. The van der Waals surface area contributed by atoms with E-state index in [0.717, 1.165) is 36.3 Å². The van der Waals surface area contributed by atoms with E-state index < -0.39 is 0 Å². The van der Waals surface area contributed by atoms with Crippen LogP contribution in [0, 0.1) is 0 Å². The van der Waals surface area contributed by atoms with Crippen LogP contribution in [0.5, 0.6) is 17.2 Å². The summed E-state index contributed by atoms with van der Waals surface area (Å²) in [5, 5.41) is 20.6. The number of phenolic OH excluding ortho intramolecular Hbond substituents is 2. The van der Waals surface area contributed by atoms with E-state index in [0.29, 0.717) is 12.6 Å². The maximum Gasteiger partial charge on any atom is 0.162 e. The number of aromatic hydroxyl groups is 2. The topological polar surface area (TPSA) is 52.9 Å². The Morgan fingerprint density at radius 2 is 1.81 bits per heavy atom. The number of ether oxygens (including phenoxy) is 1. The molecule has 4 nitrogen and oxygen atoms in total. The molecular formula is C22H29NO3. The minimum absolute atomic E-state index is 0.00150. The second-order valence-corrected chi connectivity index (χ2v) is 8.15. The number of likely N-dealkylation sites (tertiary alicyclic amines) is 1. The molecule has 1 aliphatic rings. The molecule has 140 valence electrons. The molecule has 0 amide bonds. The number of phenols is 2. The molecule has 0 saturated carbocycles. The van der Waals surface area contributed by atoms with Crippen molar-refractivity contribution in [2.75, 3.05) is 13.7 Å². The second kappa shape index (κ2) is 7.20. The summed E-state index contributed by atoms with van der Waals surface area (Å²) in [6, 6.07) is 12.2. The smallest absolute Gasteiger partial charge is 0.162 e. The molecule has 1 aliphatic heterocycles. The highest BCUT2D eigenvalue weighted by Crippen LogP contribution is 2.39. The molecule has 1 saturated heterocycles. The van der Waals surface area contributed by atoms with Gasteiger partial charge in [-0.15, -0.1) is 0 Å². The molecule has 0 spiro atoms. The predicted molar refractivity (Wildman–Crippen MR) is 104 cm³/mol. The third-order valence-electron chi connectivity index (χ3n) is 5.27. The Hall–Kier alpha value is -2.20. The first-order chi connectivity index (χ1) is 12.3. The summed E-state index contributed by atoms with van der Waals surface area (Å²) in [7, 11) is 1.67. The highest BCUT2D eigenvalue weighted by molar-refractivity contribution is 5.49. The fourth-order valence-electron chi connectivity index (χ4n) is 3.67. The van der Waals surface area contributed by atoms with Crippen LogP contribution >= 0.6 is 0 Å². The highest BCUT2D eigenvalue weighted by atomic mass is 16.5. The van der Waals surface area contributed by atoms with Crippen molar-refractivity contribution in [3.63, 3.8) is 0 Å². The molecule has 0 unspecified atom stereocenters. The van der Waals surface area contributed by atoms with E-state index in [4.69, 9.17) is 4.74 Å². The average Bonchev–Trinajstić information content (AvgIpc) is 3.06. The van der Waals surface area contributed by atoms with Crippen molar-refractivity contribution < 1.29 is 14.9 Å². The van der Waals surface area contributed by atoms with Crippen LogP contribution in [0.2, 0.25) is 0 Å². The van der Waals surface area contributed by atoms with Crippen molar-refractivity contribution in [1.29, 1.82) is 0 Å². The number of benzene rings is 2. The van der Waals surface area contributed by atoms with Crippen molar-refractivity contribution in [3.8, 4) is 17.2 Å². The van der Waals surface area contributed by atoms with Crippen molar-refractivity contribution in [2.24, 2.45) is 0 Å². The Morgan fingerprint density at radius 3 is 2.42 bits per heavy atom. The van der Waals surface area contributed by atoms with Crippen molar-refractivity contribution >= 4 is 0 Å². The summed E-state index contributed by atoms with van der Waals surface area (Å²) >= 11 is 0. The average molecular weight is 355 g/mol. The maximum atomic E-state index is 10.4. The third-order valence-corrected chi connectivity index (χ3v) is 5.27. The molecule has 2 N–H and O–H groups in total. The van der Waals surface area contributed by atoms with Gasteiger partial charge in [0.1, 0.15) is 5.75 Å². The molecule has 4 heteroatoms. The van der Waals surface area contributed by atoms with Gasteiger partial charge in [-0.3, -0.25) is 4.90 Å². The van der Waals surface area contributed by atoms with Gasteiger partial charge < -0.3 is 14.9 Å². The quantitative estimate of drug-likeness (QED) is 0.778. The zero-order valence-corrected chi connectivity index (χ0v) is 16.1. The van der Waals surface area contributed by atoms with Crippen LogP contribution < -0.4 is 4.74 Å². The summed E-state index contributed by atoms with van der Waals surface area (Å²) in [4.78, 5) is 2.38. The Balaban J connectivity index is 1.86. The van der Waals surface area contributed by atoms with Gasteiger partial charge in [-0.2, -0.15) is 0 Å². The fraction of sp³-hybridized carbons (Fsp3) is 0.455. The molecule has 1 fully saturated rings. The van der Waals surface area contributed by atoms with Crippen molar-refractivity contribution in [2.45, 2.75) is 51.6 Å². The van der Waals surface area contributed by atoms with Crippen molar-refractivity contribution in [3.05, 3.63) is 53.1 Å². The van der Waals surface area contributed by atoms with Crippen LogP contribution in [0.1, 0.15) is 56.3 Å². The predicted octanol–water partition coefficient (Wildman–Crippen LogP) is 4.74. The van der Waals surface area contributed by atoms with Gasteiger partial charge in [-0.1, -0.05) is 39.0 Å². The summed E-state index contributed by atoms with van der Waals surface area (Å²) in [5.74, 6) is 0.824. The van der Waals surface area contributed by atoms with Crippen LogP contribution in [0.3, 0.4) is 0 Å². The first-order valence-corrected chi connectivity index (χ1v) is 9.23. The van der Waals surface area contributed by atoms with Gasteiger partial charge in [0.15, 0.2) is 11.5 Å². The Bertz CT molecular complexity index is 762. The van der Waals surface area contributed by atoms with Crippen LogP contribution in [-0.2, 0) is 12.0 Å². The van der Waals surface area contributed by atoms with Gasteiger partial charge in [0.2, 0.25) is 0 Å². The molecule has 0 aliphatic carbocycles. The van der Waals surface area contributed by atoms with E-state index in [-0.39, 0.29) is 16.9 Å². The summed E-state index contributed by atoms with van der Waals surface area (Å²) < 4.78 is 5.25. The Labute approximate surface area is 156 Å². The number of methoxy groups -OCH3 is 1. The van der Waals surface area contributed by atoms with E-state index in [9.17, 15) is 10.2 Å². The van der Waals surface area contributed by atoms with E-state index in [2.05, 4.69) is 37.8 Å². The lowest BCUT2D eigenvalue weighted by molar-refractivity contribution is 0.244. The summed E-state index contributed by atoms with van der Waals surface area (Å²) in [5.41, 5.74) is 3.00. The fourth-order valence-corrected chi connectivity index (χ4v) is 3.67. The highest BCUT2D eigenvalue weighted by Gasteiger charge is 2.28. The van der Waals surface area contributed by atoms with Crippen LogP contribution in [0.15, 0.2) is 36.4 Å². The molecule has 2 aromatic rings. The second-order valence-electron chi connectivity index (χ2n) is 8.15. The van der Waals surface area contributed by atoms with Gasteiger partial charge in [0, 0.05) is 18.2 Å². The van der Waals surface area contributed by atoms with Crippen LogP contribution in [0.4, 0.5) is 0 Å². The molecular weight excluding hydrogens is 326 g/mol. The Morgan fingerprint density at radius 1 is 1.12 bits per heavy atom. The maximum absolute atomic E-state index is 10.4. The number of hydrogen-bond acceptors (Lipinski definition) is 4. The van der Waals surface area contributed by atoms with Crippen molar-refractivity contribution in [1.82, 2.24) is 4.90 Å². The molecule has 0 bridgehead atoms. The van der Waals surface area contributed by atoms with Gasteiger partial charge in [-0.25, -0.2) is 0 Å². The SMILES string of the molecule is COc1ccc([C@H]2CCCN2Cc2cc(C(C)(C)C)cc(O)c2O)cc1. The largest absolute Gasteiger partial charge is 0.504 e. The molecule has 3 rings (SSSR count). The summed E-state index contributed by atoms with van der Waals surface area (Å²) in [6.07, 6.45) is 2.22. The lowest BCUT2D eigenvalue weighted by atomic mass is 9.85. The standard InChI is InChI=1S/C22H29NO3/c1-22(2,3)17-12-16(21(25)20(24)13-17)14-23-11-5-6-19(23)15-7-9-18(26-4)10-8-15/h7-10,12-13,19,24-25H,5-6,11,14H2,1-4H3/t19-/m1/s1. The van der Waals surface area contributed by atoms with E-state index >= 15 is 0 Å². The number of rotatable bonds is 4. The number of hydrogen-bond donors (Lipinski definition) is 2.